The number of aliphatic hydroxyl groups is 1. The molecular formula is C17H19ClO2. The van der Waals surface area contributed by atoms with E-state index in [-0.39, 0.29) is 6.61 Å². The fourth-order valence-corrected chi connectivity index (χ4v) is 2.09. The first-order valence-electron chi connectivity index (χ1n) is 6.85. The lowest BCUT2D eigenvalue weighted by Crippen LogP contribution is -1.98. The smallest absolute Gasteiger partial charge is 0.119 e. The summed E-state index contributed by atoms with van der Waals surface area (Å²) < 4.78 is 5.66. The number of benzene rings is 2. The van der Waals surface area contributed by atoms with E-state index < -0.39 is 0 Å². The first kappa shape index (κ1) is 14.9. The zero-order chi connectivity index (χ0) is 14.2. The second kappa shape index (κ2) is 7.93. The second-order valence-electron chi connectivity index (χ2n) is 4.73. The molecule has 2 rings (SSSR count). The Balaban J connectivity index is 1.64. The van der Waals surface area contributed by atoms with Gasteiger partial charge in [-0.25, -0.2) is 0 Å². The SMILES string of the molecule is OCc1ccc(OCCCCc2ccc(Cl)cc2)cc1. The molecule has 0 aliphatic carbocycles. The summed E-state index contributed by atoms with van der Waals surface area (Å²) in [4.78, 5) is 0. The Labute approximate surface area is 125 Å². The van der Waals surface area contributed by atoms with Crippen LogP contribution < -0.4 is 4.74 Å². The van der Waals surface area contributed by atoms with Crippen molar-refractivity contribution < 1.29 is 9.84 Å². The number of hydrogen-bond acceptors (Lipinski definition) is 2. The van der Waals surface area contributed by atoms with Crippen molar-refractivity contribution in [1.29, 1.82) is 0 Å². The molecule has 2 nitrogen and oxygen atoms in total. The number of halogens is 1. The Morgan fingerprint density at radius 1 is 0.850 bits per heavy atom. The van der Waals surface area contributed by atoms with Gasteiger partial charge in [-0.1, -0.05) is 35.9 Å². The van der Waals surface area contributed by atoms with Crippen molar-refractivity contribution >= 4 is 11.6 Å². The molecule has 2 aromatic rings. The van der Waals surface area contributed by atoms with E-state index in [4.69, 9.17) is 21.4 Å². The third-order valence-corrected chi connectivity index (χ3v) is 3.40. The third kappa shape index (κ3) is 4.87. The fraction of sp³-hybridized carbons (Fsp3) is 0.294. The Bertz CT molecular complexity index is 506. The molecule has 20 heavy (non-hydrogen) atoms. The molecule has 0 saturated carbocycles. The van der Waals surface area contributed by atoms with Crippen LogP contribution in [-0.4, -0.2) is 11.7 Å². The predicted octanol–water partition coefficient (Wildman–Crippen LogP) is 4.23. The molecular weight excluding hydrogens is 272 g/mol. The van der Waals surface area contributed by atoms with Crippen molar-refractivity contribution in [2.75, 3.05) is 6.61 Å². The Morgan fingerprint density at radius 2 is 1.50 bits per heavy atom. The van der Waals surface area contributed by atoms with E-state index in [1.807, 2.05) is 36.4 Å². The molecule has 0 aliphatic rings. The number of ether oxygens (including phenoxy) is 1. The maximum absolute atomic E-state index is 8.95. The van der Waals surface area contributed by atoms with E-state index in [1.54, 1.807) is 0 Å². The summed E-state index contributed by atoms with van der Waals surface area (Å²) in [6, 6.07) is 15.5. The van der Waals surface area contributed by atoms with Crippen LogP contribution in [0.25, 0.3) is 0 Å². The average molecular weight is 291 g/mol. The molecule has 0 unspecified atom stereocenters. The summed E-state index contributed by atoms with van der Waals surface area (Å²) >= 11 is 5.85. The topological polar surface area (TPSA) is 29.5 Å². The highest BCUT2D eigenvalue weighted by molar-refractivity contribution is 6.30. The van der Waals surface area contributed by atoms with Crippen LogP contribution in [0.1, 0.15) is 24.0 Å². The second-order valence-corrected chi connectivity index (χ2v) is 5.17. The molecule has 0 spiro atoms. The Kier molecular flexibility index (Phi) is 5.90. The van der Waals surface area contributed by atoms with Gasteiger partial charge in [0.2, 0.25) is 0 Å². The highest BCUT2D eigenvalue weighted by Gasteiger charge is 1.97. The van der Waals surface area contributed by atoms with Gasteiger partial charge in [-0.05, 0) is 54.7 Å². The van der Waals surface area contributed by atoms with Gasteiger partial charge < -0.3 is 9.84 Å². The molecule has 0 atom stereocenters. The van der Waals surface area contributed by atoms with Gasteiger partial charge >= 0.3 is 0 Å². The van der Waals surface area contributed by atoms with Crippen LogP contribution in [0.2, 0.25) is 5.02 Å². The van der Waals surface area contributed by atoms with E-state index in [9.17, 15) is 0 Å². The van der Waals surface area contributed by atoms with E-state index in [0.29, 0.717) is 6.61 Å². The highest BCUT2D eigenvalue weighted by atomic mass is 35.5. The van der Waals surface area contributed by atoms with Crippen molar-refractivity contribution in [2.45, 2.75) is 25.9 Å². The van der Waals surface area contributed by atoms with Gasteiger partial charge in [0.05, 0.1) is 13.2 Å². The molecule has 0 bridgehead atoms. The van der Waals surface area contributed by atoms with Crippen molar-refractivity contribution in [3.8, 4) is 5.75 Å². The van der Waals surface area contributed by atoms with E-state index >= 15 is 0 Å². The number of aliphatic hydroxyl groups excluding tert-OH is 1. The van der Waals surface area contributed by atoms with Crippen molar-refractivity contribution in [3.63, 3.8) is 0 Å². The lowest BCUT2D eigenvalue weighted by atomic mass is 10.1. The maximum Gasteiger partial charge on any atom is 0.119 e. The number of unbranched alkanes of at least 4 members (excludes halogenated alkanes) is 1. The van der Waals surface area contributed by atoms with Crippen molar-refractivity contribution in [3.05, 3.63) is 64.7 Å². The zero-order valence-corrected chi connectivity index (χ0v) is 12.1. The van der Waals surface area contributed by atoms with E-state index in [0.717, 1.165) is 35.6 Å². The van der Waals surface area contributed by atoms with E-state index in [1.165, 1.54) is 5.56 Å². The zero-order valence-electron chi connectivity index (χ0n) is 11.4. The van der Waals surface area contributed by atoms with Crippen LogP contribution in [0.15, 0.2) is 48.5 Å². The van der Waals surface area contributed by atoms with Gasteiger partial charge in [-0.2, -0.15) is 0 Å². The molecule has 0 aliphatic heterocycles. The van der Waals surface area contributed by atoms with Crippen molar-refractivity contribution in [1.82, 2.24) is 0 Å². The van der Waals surface area contributed by atoms with Crippen LogP contribution >= 0.6 is 11.6 Å². The average Bonchev–Trinajstić information content (AvgIpc) is 2.49. The molecule has 0 amide bonds. The van der Waals surface area contributed by atoms with Crippen LogP contribution in [0, 0.1) is 0 Å². The fourth-order valence-electron chi connectivity index (χ4n) is 1.96. The Morgan fingerprint density at radius 3 is 2.15 bits per heavy atom. The summed E-state index contributed by atoms with van der Waals surface area (Å²) in [7, 11) is 0. The van der Waals surface area contributed by atoms with Gasteiger partial charge in [-0.3, -0.25) is 0 Å². The Hall–Kier alpha value is -1.51. The maximum atomic E-state index is 8.95. The molecule has 0 radical (unpaired) electrons. The number of aryl methyl sites for hydroxylation is 1. The van der Waals surface area contributed by atoms with Crippen LogP contribution in [-0.2, 0) is 13.0 Å². The molecule has 0 aromatic heterocycles. The first-order valence-corrected chi connectivity index (χ1v) is 7.23. The summed E-state index contributed by atoms with van der Waals surface area (Å²) in [5, 5.41) is 9.73. The molecule has 3 heteroatoms. The van der Waals surface area contributed by atoms with Gasteiger partial charge in [0.15, 0.2) is 0 Å². The van der Waals surface area contributed by atoms with Gasteiger partial charge in [0.25, 0.3) is 0 Å². The largest absolute Gasteiger partial charge is 0.494 e. The van der Waals surface area contributed by atoms with Crippen molar-refractivity contribution in [2.24, 2.45) is 0 Å². The molecule has 0 heterocycles. The molecule has 1 N–H and O–H groups in total. The van der Waals surface area contributed by atoms with Gasteiger partial charge in [0.1, 0.15) is 5.75 Å². The summed E-state index contributed by atoms with van der Waals surface area (Å²) in [6.07, 6.45) is 3.16. The van der Waals surface area contributed by atoms with Crippen LogP contribution in [0.3, 0.4) is 0 Å². The minimum atomic E-state index is 0.0708. The number of rotatable bonds is 7. The molecule has 0 fully saturated rings. The van der Waals surface area contributed by atoms with Crippen LogP contribution in [0.5, 0.6) is 5.75 Å². The van der Waals surface area contributed by atoms with E-state index in [2.05, 4.69) is 12.1 Å². The molecule has 2 aromatic carbocycles. The lowest BCUT2D eigenvalue weighted by Gasteiger charge is -2.07. The lowest BCUT2D eigenvalue weighted by molar-refractivity contribution is 0.281. The van der Waals surface area contributed by atoms with Crippen LogP contribution in [0.4, 0.5) is 0 Å². The summed E-state index contributed by atoms with van der Waals surface area (Å²) in [5.41, 5.74) is 2.21. The normalized spacial score (nSPS) is 10.5. The molecule has 0 saturated heterocycles. The third-order valence-electron chi connectivity index (χ3n) is 3.15. The first-order chi connectivity index (χ1) is 9.78. The quantitative estimate of drug-likeness (QED) is 0.773. The minimum absolute atomic E-state index is 0.0708. The standard InChI is InChI=1S/C17H19ClO2/c18-16-8-4-14(5-9-16)3-1-2-12-20-17-10-6-15(13-19)7-11-17/h4-11,19H,1-3,12-13H2. The minimum Gasteiger partial charge on any atom is -0.494 e. The highest BCUT2D eigenvalue weighted by Crippen LogP contribution is 2.14. The van der Waals surface area contributed by atoms with Gasteiger partial charge in [0, 0.05) is 5.02 Å². The monoisotopic (exact) mass is 290 g/mol. The number of hydrogen-bond donors (Lipinski definition) is 1. The summed E-state index contributed by atoms with van der Waals surface area (Å²) in [5.74, 6) is 0.855. The summed E-state index contributed by atoms with van der Waals surface area (Å²) in [6.45, 7) is 0.785. The van der Waals surface area contributed by atoms with Gasteiger partial charge in [-0.15, -0.1) is 0 Å². The predicted molar refractivity (Wildman–Crippen MR) is 82.2 cm³/mol. The molecule has 106 valence electrons.